The predicted octanol–water partition coefficient (Wildman–Crippen LogP) is 4.05. The Morgan fingerprint density at radius 3 is 2.94 bits per heavy atom. The first-order chi connectivity index (χ1) is 8.24. The van der Waals surface area contributed by atoms with E-state index in [0.717, 1.165) is 11.0 Å². The van der Waals surface area contributed by atoms with Crippen LogP contribution in [-0.4, -0.2) is 11.0 Å². The Labute approximate surface area is 111 Å². The van der Waals surface area contributed by atoms with Crippen LogP contribution >= 0.6 is 22.9 Å². The molecular formula is C12H16ClN3S. The molecule has 3 nitrogen and oxygen atoms in total. The van der Waals surface area contributed by atoms with Crippen LogP contribution in [0.3, 0.4) is 0 Å². The number of rotatable bonds is 3. The molecule has 0 bridgehead atoms. The topological polar surface area (TPSA) is 48.7 Å². The molecule has 1 fully saturated rings. The van der Waals surface area contributed by atoms with Crippen LogP contribution in [0.4, 0.5) is 5.13 Å². The number of hydrogen-bond donors (Lipinski definition) is 1. The van der Waals surface area contributed by atoms with Gasteiger partial charge in [0.25, 0.3) is 0 Å². The molecule has 0 aliphatic heterocycles. The molecule has 92 valence electrons. The van der Waals surface area contributed by atoms with E-state index in [1.165, 1.54) is 43.4 Å². The summed E-state index contributed by atoms with van der Waals surface area (Å²) in [5, 5.41) is 13.4. The molecule has 0 aromatic carbocycles. The lowest BCUT2D eigenvalue weighted by Gasteiger charge is -2.31. The number of thiazole rings is 1. The van der Waals surface area contributed by atoms with Crippen molar-refractivity contribution < 1.29 is 0 Å². The highest BCUT2D eigenvalue weighted by Crippen LogP contribution is 2.32. The van der Waals surface area contributed by atoms with Crippen LogP contribution in [0.5, 0.6) is 0 Å². The third-order valence-corrected chi connectivity index (χ3v) is 4.71. The SMILES string of the molecule is CCC1CCCCC1Nc1nc(Cl)c(C#N)s1. The zero-order valence-corrected chi connectivity index (χ0v) is 11.4. The minimum Gasteiger partial charge on any atom is -0.358 e. The van der Waals surface area contributed by atoms with Crippen LogP contribution in [-0.2, 0) is 0 Å². The number of halogens is 1. The minimum atomic E-state index is 0.323. The maximum absolute atomic E-state index is 8.84. The third kappa shape index (κ3) is 2.91. The monoisotopic (exact) mass is 269 g/mol. The summed E-state index contributed by atoms with van der Waals surface area (Å²) in [7, 11) is 0. The summed E-state index contributed by atoms with van der Waals surface area (Å²) in [6.07, 6.45) is 6.29. The van der Waals surface area contributed by atoms with Crippen molar-refractivity contribution in [1.29, 1.82) is 5.26 Å². The highest BCUT2D eigenvalue weighted by Gasteiger charge is 2.24. The van der Waals surface area contributed by atoms with E-state index in [9.17, 15) is 0 Å². The maximum Gasteiger partial charge on any atom is 0.185 e. The molecule has 2 atom stereocenters. The Balaban J connectivity index is 2.06. The van der Waals surface area contributed by atoms with Gasteiger partial charge < -0.3 is 5.32 Å². The Hall–Kier alpha value is -0.790. The van der Waals surface area contributed by atoms with E-state index >= 15 is 0 Å². The molecule has 5 heteroatoms. The van der Waals surface area contributed by atoms with Gasteiger partial charge >= 0.3 is 0 Å². The molecule has 0 saturated heterocycles. The van der Waals surface area contributed by atoms with Gasteiger partial charge in [-0.3, -0.25) is 0 Å². The lowest BCUT2D eigenvalue weighted by atomic mass is 9.83. The van der Waals surface area contributed by atoms with E-state index in [1.54, 1.807) is 0 Å². The highest BCUT2D eigenvalue weighted by molar-refractivity contribution is 7.16. The molecule has 2 rings (SSSR count). The van der Waals surface area contributed by atoms with Gasteiger partial charge in [-0.2, -0.15) is 5.26 Å². The zero-order chi connectivity index (χ0) is 12.3. The fourth-order valence-electron chi connectivity index (χ4n) is 2.48. The fraction of sp³-hybridized carbons (Fsp3) is 0.667. The van der Waals surface area contributed by atoms with E-state index in [0.29, 0.717) is 16.1 Å². The van der Waals surface area contributed by atoms with Crippen molar-refractivity contribution in [2.45, 2.75) is 45.1 Å². The summed E-state index contributed by atoms with van der Waals surface area (Å²) in [6, 6.07) is 2.55. The molecule has 1 saturated carbocycles. The van der Waals surface area contributed by atoms with Crippen LogP contribution in [0.15, 0.2) is 0 Å². The standard InChI is InChI=1S/C12H16ClN3S/c1-2-8-5-3-4-6-9(8)15-12-16-11(13)10(7-14)17-12/h8-9H,2-6H2,1H3,(H,15,16). The molecule has 0 spiro atoms. The van der Waals surface area contributed by atoms with Crippen molar-refractivity contribution in [3.8, 4) is 6.07 Å². The second-order valence-electron chi connectivity index (χ2n) is 4.45. The van der Waals surface area contributed by atoms with E-state index in [-0.39, 0.29) is 0 Å². The molecule has 2 unspecified atom stereocenters. The largest absolute Gasteiger partial charge is 0.358 e. The van der Waals surface area contributed by atoms with Gasteiger partial charge in [0.2, 0.25) is 0 Å². The van der Waals surface area contributed by atoms with E-state index in [1.807, 2.05) is 0 Å². The van der Waals surface area contributed by atoms with Crippen molar-refractivity contribution in [2.75, 3.05) is 5.32 Å². The van der Waals surface area contributed by atoms with Crippen molar-refractivity contribution in [1.82, 2.24) is 4.98 Å². The van der Waals surface area contributed by atoms with Crippen LogP contribution in [0.2, 0.25) is 5.15 Å². The van der Waals surface area contributed by atoms with Gasteiger partial charge in [-0.25, -0.2) is 4.98 Å². The maximum atomic E-state index is 8.84. The van der Waals surface area contributed by atoms with Crippen molar-refractivity contribution in [2.24, 2.45) is 5.92 Å². The molecule has 17 heavy (non-hydrogen) atoms. The summed E-state index contributed by atoms with van der Waals surface area (Å²) in [6.45, 7) is 2.24. The smallest absolute Gasteiger partial charge is 0.185 e. The molecule has 1 aromatic heterocycles. The van der Waals surface area contributed by atoms with Gasteiger partial charge in [-0.05, 0) is 18.8 Å². The number of aromatic nitrogens is 1. The Morgan fingerprint density at radius 1 is 1.53 bits per heavy atom. The normalized spacial score (nSPS) is 24.3. The lowest BCUT2D eigenvalue weighted by Crippen LogP contribution is -2.31. The summed E-state index contributed by atoms with van der Waals surface area (Å²) in [5.41, 5.74) is 0. The number of nitrogens with one attached hydrogen (secondary N) is 1. The predicted molar refractivity (Wildman–Crippen MR) is 71.5 cm³/mol. The quantitative estimate of drug-likeness (QED) is 0.901. The van der Waals surface area contributed by atoms with E-state index in [2.05, 4.69) is 23.3 Å². The summed E-state index contributed by atoms with van der Waals surface area (Å²) in [4.78, 5) is 4.69. The average Bonchev–Trinajstić information content (AvgIpc) is 2.70. The van der Waals surface area contributed by atoms with Crippen LogP contribution in [0.1, 0.15) is 43.9 Å². The zero-order valence-electron chi connectivity index (χ0n) is 9.87. The van der Waals surface area contributed by atoms with Gasteiger partial charge in [0.15, 0.2) is 10.3 Å². The third-order valence-electron chi connectivity index (χ3n) is 3.43. The van der Waals surface area contributed by atoms with Gasteiger partial charge in [0, 0.05) is 6.04 Å². The first kappa shape index (κ1) is 12.7. The molecule has 1 aromatic rings. The van der Waals surface area contributed by atoms with Crippen LogP contribution in [0, 0.1) is 17.2 Å². The molecule has 0 amide bonds. The Morgan fingerprint density at radius 2 is 2.29 bits per heavy atom. The average molecular weight is 270 g/mol. The summed E-state index contributed by atoms with van der Waals surface area (Å²) < 4.78 is 0. The van der Waals surface area contributed by atoms with Crippen LogP contribution < -0.4 is 5.32 Å². The number of anilines is 1. The molecule has 0 radical (unpaired) electrons. The second-order valence-corrected chi connectivity index (χ2v) is 5.81. The first-order valence-electron chi connectivity index (χ1n) is 6.07. The number of hydrogen-bond acceptors (Lipinski definition) is 4. The lowest BCUT2D eigenvalue weighted by molar-refractivity contribution is 0.317. The van der Waals surface area contributed by atoms with Gasteiger partial charge in [0.05, 0.1) is 0 Å². The minimum absolute atomic E-state index is 0.323. The van der Waals surface area contributed by atoms with Crippen molar-refractivity contribution in [3.05, 3.63) is 10.0 Å². The van der Waals surface area contributed by atoms with Gasteiger partial charge in [0.1, 0.15) is 10.9 Å². The summed E-state index contributed by atoms with van der Waals surface area (Å²) >= 11 is 7.22. The molecular weight excluding hydrogens is 254 g/mol. The highest BCUT2D eigenvalue weighted by atomic mass is 35.5. The molecule has 1 heterocycles. The number of nitrogens with zero attached hydrogens (tertiary/aromatic N) is 2. The van der Waals surface area contributed by atoms with Gasteiger partial charge in [-0.15, -0.1) is 0 Å². The molecule has 1 N–H and O–H groups in total. The van der Waals surface area contributed by atoms with E-state index in [4.69, 9.17) is 16.9 Å². The fourth-order valence-corrected chi connectivity index (χ4v) is 3.49. The Kier molecular flexibility index (Phi) is 4.25. The molecule has 1 aliphatic rings. The van der Waals surface area contributed by atoms with Gasteiger partial charge in [-0.1, -0.05) is 49.1 Å². The first-order valence-corrected chi connectivity index (χ1v) is 7.27. The van der Waals surface area contributed by atoms with Crippen LogP contribution in [0.25, 0.3) is 0 Å². The molecule has 1 aliphatic carbocycles. The second kappa shape index (κ2) is 5.70. The van der Waals surface area contributed by atoms with Crippen molar-refractivity contribution in [3.63, 3.8) is 0 Å². The summed E-state index contributed by atoms with van der Waals surface area (Å²) in [5.74, 6) is 0.719. The van der Waals surface area contributed by atoms with E-state index < -0.39 is 0 Å². The Bertz CT molecular complexity index is 424. The van der Waals surface area contributed by atoms with Crippen molar-refractivity contribution >= 4 is 28.1 Å². The number of nitriles is 1.